The number of hydrogen-bond donors (Lipinski definition) is 0. The molecule has 0 radical (unpaired) electrons. The zero-order valence-corrected chi connectivity index (χ0v) is 8.56. The molecule has 66 valence electrons. The Balaban J connectivity index is 2.63. The van der Waals surface area contributed by atoms with Crippen LogP contribution in [0.2, 0.25) is 0 Å². The average Bonchev–Trinajstić information content (AvgIpc) is 2.47. The van der Waals surface area contributed by atoms with Gasteiger partial charge in [0.05, 0.1) is 6.21 Å². The zero-order chi connectivity index (χ0) is 8.97. The summed E-state index contributed by atoms with van der Waals surface area (Å²) in [5.41, 5.74) is 1.22. The van der Waals surface area contributed by atoms with Crippen LogP contribution in [0.25, 0.3) is 0 Å². The van der Waals surface area contributed by atoms with Crippen molar-refractivity contribution in [2.75, 3.05) is 13.6 Å². The summed E-state index contributed by atoms with van der Waals surface area (Å²) in [5, 5.41) is 8.26. The van der Waals surface area contributed by atoms with E-state index in [0.29, 0.717) is 0 Å². The first kappa shape index (κ1) is 9.26. The van der Waals surface area contributed by atoms with Gasteiger partial charge in [-0.2, -0.15) is 5.10 Å². The van der Waals surface area contributed by atoms with Crippen molar-refractivity contribution in [1.29, 1.82) is 0 Å². The zero-order valence-electron chi connectivity index (χ0n) is 7.74. The van der Waals surface area contributed by atoms with E-state index in [1.165, 1.54) is 10.4 Å². The number of nitrogens with zero attached hydrogens (tertiary/aromatic N) is 2. The van der Waals surface area contributed by atoms with Crippen molar-refractivity contribution in [2.45, 2.75) is 13.8 Å². The van der Waals surface area contributed by atoms with E-state index in [-0.39, 0.29) is 0 Å². The molecule has 0 aliphatic rings. The molecule has 1 heterocycles. The van der Waals surface area contributed by atoms with E-state index in [2.05, 4.69) is 30.4 Å². The predicted octanol–water partition coefficient (Wildman–Crippen LogP) is 2.34. The highest BCUT2D eigenvalue weighted by atomic mass is 32.1. The first-order chi connectivity index (χ1) is 5.74. The Morgan fingerprint density at radius 2 is 2.42 bits per heavy atom. The second-order valence-electron chi connectivity index (χ2n) is 2.65. The molecule has 0 fully saturated rings. The predicted molar refractivity (Wildman–Crippen MR) is 55.0 cm³/mol. The van der Waals surface area contributed by atoms with Gasteiger partial charge in [0.1, 0.15) is 0 Å². The summed E-state index contributed by atoms with van der Waals surface area (Å²) in [6.07, 6.45) is 1.91. The van der Waals surface area contributed by atoms with Crippen LogP contribution in [0.1, 0.15) is 17.4 Å². The summed E-state index contributed by atoms with van der Waals surface area (Å²) in [6, 6.07) is 2.09. The van der Waals surface area contributed by atoms with Crippen LogP contribution in [0.5, 0.6) is 0 Å². The van der Waals surface area contributed by atoms with Gasteiger partial charge in [-0.25, -0.2) is 0 Å². The second-order valence-corrected chi connectivity index (χ2v) is 3.77. The van der Waals surface area contributed by atoms with Crippen LogP contribution < -0.4 is 0 Å². The van der Waals surface area contributed by atoms with Gasteiger partial charge in [0.25, 0.3) is 0 Å². The quantitative estimate of drug-likeness (QED) is 0.517. The van der Waals surface area contributed by atoms with Gasteiger partial charge in [-0.3, -0.25) is 0 Å². The molecular weight excluding hydrogens is 168 g/mol. The number of hydrogen-bond acceptors (Lipinski definition) is 3. The van der Waals surface area contributed by atoms with Crippen molar-refractivity contribution in [3.05, 3.63) is 21.9 Å². The van der Waals surface area contributed by atoms with Crippen molar-refractivity contribution in [3.8, 4) is 0 Å². The molecule has 0 N–H and O–H groups in total. The molecule has 0 spiro atoms. The molecule has 0 aliphatic heterocycles. The summed E-state index contributed by atoms with van der Waals surface area (Å²) in [7, 11) is 1.97. The van der Waals surface area contributed by atoms with E-state index in [9.17, 15) is 0 Å². The molecule has 3 heteroatoms. The van der Waals surface area contributed by atoms with Gasteiger partial charge in [-0.05, 0) is 25.3 Å². The molecule has 0 atom stereocenters. The van der Waals surface area contributed by atoms with E-state index >= 15 is 0 Å². The smallest absolute Gasteiger partial charge is 0.0553 e. The van der Waals surface area contributed by atoms with Crippen molar-refractivity contribution >= 4 is 17.6 Å². The molecule has 0 saturated carbocycles. The Morgan fingerprint density at radius 1 is 1.67 bits per heavy atom. The Hall–Kier alpha value is -0.830. The van der Waals surface area contributed by atoms with Crippen LogP contribution >= 0.6 is 11.3 Å². The third kappa shape index (κ3) is 2.34. The van der Waals surface area contributed by atoms with Gasteiger partial charge in [0.15, 0.2) is 0 Å². The summed E-state index contributed by atoms with van der Waals surface area (Å²) in [5.74, 6) is 0. The van der Waals surface area contributed by atoms with E-state index < -0.39 is 0 Å². The molecular formula is C9H14N2S. The lowest BCUT2D eigenvalue weighted by atomic mass is 10.3. The van der Waals surface area contributed by atoms with Crippen molar-refractivity contribution in [1.82, 2.24) is 5.01 Å². The van der Waals surface area contributed by atoms with Crippen LogP contribution in [-0.2, 0) is 0 Å². The fourth-order valence-electron chi connectivity index (χ4n) is 0.771. The maximum absolute atomic E-state index is 4.26. The van der Waals surface area contributed by atoms with Crippen LogP contribution in [0.3, 0.4) is 0 Å². The molecule has 0 aromatic carbocycles. The highest BCUT2D eigenvalue weighted by Crippen LogP contribution is 2.12. The maximum atomic E-state index is 4.26. The van der Waals surface area contributed by atoms with E-state index in [1.54, 1.807) is 11.3 Å². The van der Waals surface area contributed by atoms with Gasteiger partial charge in [-0.15, -0.1) is 11.3 Å². The third-order valence-corrected chi connectivity index (χ3v) is 2.61. The SMILES string of the molecule is CCN(C)/N=C/c1ccsc1C. The van der Waals surface area contributed by atoms with Gasteiger partial charge in [0, 0.05) is 24.0 Å². The van der Waals surface area contributed by atoms with Gasteiger partial charge in [0.2, 0.25) is 0 Å². The Labute approximate surface area is 77.5 Å². The summed E-state index contributed by atoms with van der Waals surface area (Å²) < 4.78 is 0. The fraction of sp³-hybridized carbons (Fsp3) is 0.444. The molecule has 1 rings (SSSR count). The van der Waals surface area contributed by atoms with Gasteiger partial charge >= 0.3 is 0 Å². The van der Waals surface area contributed by atoms with E-state index in [4.69, 9.17) is 0 Å². The normalized spacial score (nSPS) is 10.9. The lowest BCUT2D eigenvalue weighted by Crippen LogP contribution is -2.09. The Bertz CT molecular complexity index is 265. The standard InChI is InChI=1S/C9H14N2S/c1-4-11(3)10-7-9-5-6-12-8(9)2/h5-7H,4H2,1-3H3/b10-7+. The highest BCUT2D eigenvalue weighted by molar-refractivity contribution is 7.10. The molecule has 2 nitrogen and oxygen atoms in total. The minimum atomic E-state index is 0.944. The lowest BCUT2D eigenvalue weighted by Gasteiger charge is -2.07. The van der Waals surface area contributed by atoms with Gasteiger partial charge in [-0.1, -0.05) is 0 Å². The first-order valence-corrected chi connectivity index (χ1v) is 4.91. The van der Waals surface area contributed by atoms with Crippen LogP contribution in [0, 0.1) is 6.92 Å². The maximum Gasteiger partial charge on any atom is 0.0553 e. The van der Waals surface area contributed by atoms with Crippen LogP contribution in [0.4, 0.5) is 0 Å². The number of thiophene rings is 1. The summed E-state index contributed by atoms with van der Waals surface area (Å²) >= 11 is 1.75. The Kier molecular flexibility index (Phi) is 3.29. The molecule has 0 aliphatic carbocycles. The second kappa shape index (κ2) is 4.26. The molecule has 0 amide bonds. The van der Waals surface area contributed by atoms with Gasteiger partial charge < -0.3 is 5.01 Å². The lowest BCUT2D eigenvalue weighted by molar-refractivity contribution is 0.377. The molecule has 1 aromatic heterocycles. The molecule has 12 heavy (non-hydrogen) atoms. The van der Waals surface area contributed by atoms with E-state index in [1.807, 2.05) is 18.3 Å². The minimum absolute atomic E-state index is 0.944. The third-order valence-electron chi connectivity index (χ3n) is 1.75. The molecule has 1 aromatic rings. The van der Waals surface area contributed by atoms with Crippen molar-refractivity contribution in [3.63, 3.8) is 0 Å². The van der Waals surface area contributed by atoms with E-state index in [0.717, 1.165) is 6.54 Å². The summed E-state index contributed by atoms with van der Waals surface area (Å²) in [4.78, 5) is 1.32. The average molecular weight is 182 g/mol. The molecule has 0 unspecified atom stereocenters. The monoisotopic (exact) mass is 182 g/mol. The largest absolute Gasteiger partial charge is 0.300 e. The fourth-order valence-corrected chi connectivity index (χ4v) is 1.45. The van der Waals surface area contributed by atoms with Crippen LogP contribution in [-0.4, -0.2) is 24.8 Å². The summed E-state index contributed by atoms with van der Waals surface area (Å²) in [6.45, 7) is 5.13. The van der Waals surface area contributed by atoms with Crippen molar-refractivity contribution in [2.24, 2.45) is 5.10 Å². The Morgan fingerprint density at radius 3 is 2.92 bits per heavy atom. The van der Waals surface area contributed by atoms with Crippen molar-refractivity contribution < 1.29 is 0 Å². The van der Waals surface area contributed by atoms with Crippen LogP contribution in [0.15, 0.2) is 16.5 Å². The highest BCUT2D eigenvalue weighted by Gasteiger charge is 1.94. The molecule has 0 bridgehead atoms. The first-order valence-electron chi connectivity index (χ1n) is 4.03. The number of hydrazone groups is 1. The topological polar surface area (TPSA) is 15.6 Å². The number of aryl methyl sites for hydroxylation is 1. The molecule has 0 saturated heterocycles. The minimum Gasteiger partial charge on any atom is -0.300 e. The number of rotatable bonds is 3.